The molecule has 210 valence electrons. The molecule has 2 aliphatic rings. The van der Waals surface area contributed by atoms with Gasteiger partial charge in [0.15, 0.2) is 0 Å². The van der Waals surface area contributed by atoms with E-state index in [2.05, 4.69) is 129 Å². The maximum Gasteiger partial charge on any atom is 2.00 e. The van der Waals surface area contributed by atoms with E-state index >= 15 is 0 Å². The van der Waals surface area contributed by atoms with Gasteiger partial charge >= 0.3 is 19.5 Å². The Morgan fingerprint density at radius 1 is 0.422 bits per heavy atom. The third kappa shape index (κ3) is 4.80. The SMILES string of the molecule is Pc1ccc2c(c1)-c1cc3[n-]c(cc4nc(cc5[n-]c(cc-2n1)c1cc(P)ccc51)-c1cc(S)ccc1-4)c1cc(S)ccc31.[Zn+2]. The van der Waals surface area contributed by atoms with Gasteiger partial charge in [0.1, 0.15) is 0 Å². The minimum absolute atomic E-state index is 0. The third-order valence-corrected chi connectivity index (χ3v) is 9.63. The van der Waals surface area contributed by atoms with Crippen LogP contribution in [0, 0.1) is 0 Å². The minimum Gasteiger partial charge on any atom is -0.657 e. The monoisotopic (exact) mass is 700 g/mol. The molecule has 0 saturated heterocycles. The molecule has 45 heavy (non-hydrogen) atoms. The normalized spacial score (nSPS) is 11.8. The second kappa shape index (κ2) is 10.9. The van der Waals surface area contributed by atoms with Gasteiger partial charge in [0.2, 0.25) is 0 Å². The van der Waals surface area contributed by atoms with Crippen LogP contribution < -0.4 is 20.6 Å². The van der Waals surface area contributed by atoms with E-state index in [4.69, 9.17) is 19.9 Å². The average Bonchev–Trinajstić information content (AvgIpc) is 3.71. The van der Waals surface area contributed by atoms with Crippen LogP contribution in [-0.2, 0) is 19.5 Å². The number of benzene rings is 4. The molecule has 0 amide bonds. The summed E-state index contributed by atoms with van der Waals surface area (Å²) in [7, 11) is 5.62. The van der Waals surface area contributed by atoms with Gasteiger partial charge in [0.25, 0.3) is 0 Å². The number of aromatic nitrogens is 4. The minimum atomic E-state index is 0. The van der Waals surface area contributed by atoms with Crippen molar-refractivity contribution in [2.24, 2.45) is 0 Å². The number of hydrogen-bond acceptors (Lipinski definition) is 4. The summed E-state index contributed by atoms with van der Waals surface area (Å²) in [5.41, 5.74) is 11.1. The zero-order valence-electron chi connectivity index (χ0n) is 23.8. The Morgan fingerprint density at radius 2 is 0.844 bits per heavy atom. The fraction of sp³-hybridized carbons (Fsp3) is 0. The van der Waals surface area contributed by atoms with Gasteiger partial charge in [0.05, 0.1) is 22.8 Å². The predicted octanol–water partition coefficient (Wildman–Crippen LogP) is 8.12. The molecule has 9 rings (SSSR count). The van der Waals surface area contributed by atoms with E-state index in [-0.39, 0.29) is 19.5 Å². The molecule has 0 spiro atoms. The van der Waals surface area contributed by atoms with Crippen LogP contribution in [-0.4, -0.2) is 9.97 Å². The van der Waals surface area contributed by atoms with Crippen molar-refractivity contribution in [3.8, 4) is 45.0 Å². The first-order valence-corrected chi connectivity index (χ1v) is 16.1. The second-order valence-electron chi connectivity index (χ2n) is 11.2. The zero-order chi connectivity index (χ0) is 29.7. The number of thiol groups is 2. The van der Waals surface area contributed by atoms with Gasteiger partial charge in [-0.3, -0.25) is 0 Å². The standard InChI is InChI=1S/C36H22N4P2S2.Zn/c41-17-1-5-21-25(9-17)34-14-31-23-7-3-19(43)11-27(23)36(39-31)16-32-24-8-4-20(44)12-28(24)35(40-32)15-30-22-6-2-18(42)10-26(22)33(38-30)13-29(21)37-34;/h1-16H,41-42H2,(H2-2,37,38,39,40,43,44);/q-2;+2. The van der Waals surface area contributed by atoms with Gasteiger partial charge in [-0.05, 0) is 92.8 Å². The van der Waals surface area contributed by atoms with Crippen LogP contribution in [0.4, 0.5) is 0 Å². The quantitative estimate of drug-likeness (QED) is 0.0953. The maximum atomic E-state index is 5.18. The fourth-order valence-corrected chi connectivity index (χ4v) is 7.26. The Labute approximate surface area is 287 Å². The first-order chi connectivity index (χ1) is 21.4. The van der Waals surface area contributed by atoms with Gasteiger partial charge in [0, 0.05) is 32.0 Å². The summed E-state index contributed by atoms with van der Waals surface area (Å²) in [5, 5.41) is 6.41. The van der Waals surface area contributed by atoms with Gasteiger partial charge in [-0.2, -0.15) is 0 Å². The summed E-state index contributed by atoms with van der Waals surface area (Å²) in [6.45, 7) is 0. The zero-order valence-corrected chi connectivity index (χ0v) is 30.8. The first kappa shape index (κ1) is 29.1. The summed E-state index contributed by atoms with van der Waals surface area (Å²) in [5.74, 6) is 0. The summed E-state index contributed by atoms with van der Waals surface area (Å²) in [6, 6.07) is 33.5. The van der Waals surface area contributed by atoms with Crippen LogP contribution >= 0.6 is 43.7 Å². The molecule has 3 aromatic heterocycles. The van der Waals surface area contributed by atoms with E-state index < -0.39 is 0 Å². The van der Waals surface area contributed by atoms with Gasteiger partial charge in [-0.15, -0.1) is 65.8 Å². The molecule has 7 aromatic rings. The number of nitrogens with zero attached hydrogens (tertiary/aromatic N) is 4. The van der Waals surface area contributed by atoms with E-state index in [0.717, 1.165) is 109 Å². The molecule has 2 atom stereocenters. The molecule has 8 bridgehead atoms. The van der Waals surface area contributed by atoms with Crippen molar-refractivity contribution in [1.82, 2.24) is 19.9 Å². The van der Waals surface area contributed by atoms with E-state index in [1.807, 2.05) is 12.1 Å². The molecule has 2 unspecified atom stereocenters. The summed E-state index contributed by atoms with van der Waals surface area (Å²) in [4.78, 5) is 22.5. The van der Waals surface area contributed by atoms with Crippen molar-refractivity contribution in [3.63, 3.8) is 0 Å². The van der Waals surface area contributed by atoms with Crippen molar-refractivity contribution in [2.75, 3.05) is 0 Å². The smallest absolute Gasteiger partial charge is 0.657 e. The molecule has 0 radical (unpaired) electrons. The van der Waals surface area contributed by atoms with E-state index in [1.54, 1.807) is 0 Å². The Morgan fingerprint density at radius 3 is 1.49 bits per heavy atom. The van der Waals surface area contributed by atoms with Crippen LogP contribution in [0.1, 0.15) is 0 Å². The number of fused-ring (bicyclic) bond motifs is 20. The average molecular weight is 702 g/mol. The molecule has 0 saturated carbocycles. The Hall–Kier alpha value is -3.30. The van der Waals surface area contributed by atoms with Crippen LogP contribution in [0.5, 0.6) is 0 Å². The summed E-state index contributed by atoms with van der Waals surface area (Å²) >= 11 is 9.33. The Kier molecular flexibility index (Phi) is 7.06. The molecule has 4 aromatic carbocycles. The van der Waals surface area contributed by atoms with E-state index in [0.29, 0.717) is 0 Å². The summed E-state index contributed by atoms with van der Waals surface area (Å²) < 4.78 is 0. The largest absolute Gasteiger partial charge is 2.00 e. The second-order valence-corrected chi connectivity index (χ2v) is 13.5. The molecule has 0 N–H and O–H groups in total. The molecule has 0 fully saturated rings. The number of rotatable bonds is 0. The molecule has 2 aliphatic heterocycles. The van der Waals surface area contributed by atoms with Crippen molar-refractivity contribution in [1.29, 1.82) is 0 Å². The van der Waals surface area contributed by atoms with Crippen molar-refractivity contribution in [3.05, 3.63) is 97.1 Å². The molecule has 0 aliphatic carbocycles. The van der Waals surface area contributed by atoms with Crippen LogP contribution in [0.15, 0.2) is 107 Å². The van der Waals surface area contributed by atoms with Crippen LogP contribution in [0.25, 0.3) is 88.6 Å². The summed E-state index contributed by atoms with van der Waals surface area (Å²) in [6.07, 6.45) is 0. The van der Waals surface area contributed by atoms with Crippen molar-refractivity contribution in [2.45, 2.75) is 9.79 Å². The van der Waals surface area contributed by atoms with Gasteiger partial charge in [-0.1, -0.05) is 36.4 Å². The molecule has 9 heteroatoms. The predicted molar refractivity (Wildman–Crippen MR) is 196 cm³/mol. The van der Waals surface area contributed by atoms with Crippen molar-refractivity contribution < 1.29 is 19.5 Å². The van der Waals surface area contributed by atoms with Crippen LogP contribution in [0.3, 0.4) is 0 Å². The molecular formula is C36H22N4P2S2Zn. The number of hydrogen-bond donors (Lipinski definition) is 2. The van der Waals surface area contributed by atoms with Gasteiger partial charge in [-0.25, -0.2) is 9.97 Å². The topological polar surface area (TPSA) is 54.0 Å². The Balaban J connectivity index is 0.00000300. The maximum absolute atomic E-state index is 5.18. The fourth-order valence-electron chi connectivity index (χ4n) is 6.33. The first-order valence-electron chi connectivity index (χ1n) is 14.1. The van der Waals surface area contributed by atoms with Crippen molar-refractivity contribution >= 4 is 98.0 Å². The Bertz CT molecular complexity index is 2400. The van der Waals surface area contributed by atoms with E-state index in [9.17, 15) is 0 Å². The molecule has 5 heterocycles. The molecule has 4 nitrogen and oxygen atoms in total. The molecular weight excluding hydrogens is 680 g/mol. The van der Waals surface area contributed by atoms with Crippen LogP contribution in [0.2, 0.25) is 0 Å². The third-order valence-electron chi connectivity index (χ3n) is 8.36. The van der Waals surface area contributed by atoms with E-state index in [1.165, 1.54) is 0 Å². The van der Waals surface area contributed by atoms with Gasteiger partial charge < -0.3 is 9.97 Å².